The Hall–Kier alpha value is -0.120. The van der Waals surface area contributed by atoms with Crippen LogP contribution in [0.3, 0.4) is 0 Å². The third-order valence-electron chi connectivity index (χ3n) is 5.73. The van der Waals surface area contributed by atoms with Gasteiger partial charge in [-0.25, -0.2) is 0 Å². The Morgan fingerprint density at radius 2 is 1.62 bits per heavy atom. The summed E-state index contributed by atoms with van der Waals surface area (Å²) >= 11 is 0. The summed E-state index contributed by atoms with van der Waals surface area (Å²) in [4.78, 5) is 5.33. The number of nitrogens with zero attached hydrogens (tertiary/aromatic N) is 2. The molecular weight excluding hydrogens is 258 g/mol. The largest absolute Gasteiger partial charge is 0.316 e. The van der Waals surface area contributed by atoms with Gasteiger partial charge in [0.25, 0.3) is 0 Å². The summed E-state index contributed by atoms with van der Waals surface area (Å²) in [6, 6.07) is 0. The van der Waals surface area contributed by atoms with Crippen LogP contribution >= 0.6 is 0 Å². The molecule has 2 aliphatic rings. The van der Waals surface area contributed by atoms with Crippen LogP contribution in [0.2, 0.25) is 0 Å². The highest BCUT2D eigenvalue weighted by Gasteiger charge is 2.36. The Balaban J connectivity index is 1.86. The van der Waals surface area contributed by atoms with E-state index >= 15 is 0 Å². The molecule has 21 heavy (non-hydrogen) atoms. The van der Waals surface area contributed by atoms with Crippen molar-refractivity contribution in [1.29, 1.82) is 0 Å². The van der Waals surface area contributed by atoms with Gasteiger partial charge in [-0.1, -0.05) is 33.6 Å². The van der Waals surface area contributed by atoms with E-state index in [9.17, 15) is 0 Å². The molecule has 0 spiro atoms. The lowest BCUT2D eigenvalue weighted by molar-refractivity contribution is 0.0548. The zero-order valence-corrected chi connectivity index (χ0v) is 14.7. The molecule has 0 atom stereocenters. The van der Waals surface area contributed by atoms with E-state index in [0.29, 0.717) is 5.41 Å². The number of rotatable bonds is 7. The molecule has 0 bridgehead atoms. The summed E-state index contributed by atoms with van der Waals surface area (Å²) in [5.41, 5.74) is 0.552. The summed E-state index contributed by atoms with van der Waals surface area (Å²) in [6.07, 6.45) is 6.98. The van der Waals surface area contributed by atoms with Gasteiger partial charge in [-0.2, -0.15) is 0 Å². The lowest BCUT2D eigenvalue weighted by Crippen LogP contribution is -2.52. The predicted molar refractivity (Wildman–Crippen MR) is 91.8 cm³/mol. The normalized spacial score (nSPS) is 32.4. The van der Waals surface area contributed by atoms with Crippen molar-refractivity contribution < 1.29 is 0 Å². The van der Waals surface area contributed by atoms with Crippen LogP contribution in [-0.2, 0) is 0 Å². The van der Waals surface area contributed by atoms with Crippen molar-refractivity contribution in [3.05, 3.63) is 0 Å². The molecule has 3 heteroatoms. The highest BCUT2D eigenvalue weighted by Crippen LogP contribution is 2.39. The van der Waals surface area contributed by atoms with E-state index in [1.807, 2.05) is 0 Å². The third kappa shape index (κ3) is 5.22. The summed E-state index contributed by atoms with van der Waals surface area (Å²) in [5.74, 6) is 0.946. The van der Waals surface area contributed by atoms with E-state index in [2.05, 4.69) is 35.9 Å². The number of likely N-dealkylation sites (N-methyl/N-ethyl adjacent to an activating group) is 1. The first-order valence-corrected chi connectivity index (χ1v) is 9.33. The smallest absolute Gasteiger partial charge is 0.0110 e. The van der Waals surface area contributed by atoms with Gasteiger partial charge in [0.15, 0.2) is 0 Å². The van der Waals surface area contributed by atoms with Crippen molar-refractivity contribution in [2.45, 2.75) is 52.9 Å². The molecule has 0 aromatic rings. The Morgan fingerprint density at radius 3 is 2.19 bits per heavy atom. The maximum atomic E-state index is 3.73. The Labute approximate surface area is 132 Å². The lowest BCUT2D eigenvalue weighted by atomic mass is 9.70. The fraction of sp³-hybridized carbons (Fsp3) is 1.00. The fourth-order valence-corrected chi connectivity index (χ4v) is 4.03. The average Bonchev–Trinajstić information content (AvgIpc) is 2.51. The van der Waals surface area contributed by atoms with Crippen molar-refractivity contribution in [2.75, 3.05) is 52.4 Å². The predicted octanol–water partition coefficient (Wildman–Crippen LogP) is 2.82. The van der Waals surface area contributed by atoms with E-state index in [0.717, 1.165) is 5.92 Å². The molecule has 1 saturated heterocycles. The summed E-state index contributed by atoms with van der Waals surface area (Å²) < 4.78 is 0. The van der Waals surface area contributed by atoms with E-state index in [1.54, 1.807) is 0 Å². The summed E-state index contributed by atoms with van der Waals surface area (Å²) in [5, 5.41) is 3.73. The zero-order chi connectivity index (χ0) is 15.1. The van der Waals surface area contributed by atoms with Gasteiger partial charge in [-0.15, -0.1) is 0 Å². The molecule has 124 valence electrons. The van der Waals surface area contributed by atoms with Crippen molar-refractivity contribution in [3.8, 4) is 0 Å². The van der Waals surface area contributed by atoms with Crippen LogP contribution in [0.1, 0.15) is 52.9 Å². The molecule has 0 amide bonds. The lowest BCUT2D eigenvalue weighted by Gasteiger charge is -2.45. The van der Waals surface area contributed by atoms with Crippen molar-refractivity contribution in [1.82, 2.24) is 15.1 Å². The van der Waals surface area contributed by atoms with Crippen LogP contribution < -0.4 is 5.32 Å². The second-order valence-corrected chi connectivity index (χ2v) is 7.57. The van der Waals surface area contributed by atoms with Crippen molar-refractivity contribution in [2.24, 2.45) is 11.3 Å². The number of hydrogen-bond donors (Lipinski definition) is 1. The fourth-order valence-electron chi connectivity index (χ4n) is 4.03. The molecule has 3 nitrogen and oxygen atoms in total. The van der Waals surface area contributed by atoms with Gasteiger partial charge in [0, 0.05) is 39.3 Å². The van der Waals surface area contributed by atoms with Gasteiger partial charge in [-0.05, 0) is 43.7 Å². The molecule has 0 aromatic heterocycles. The minimum atomic E-state index is 0.552. The number of piperazine rings is 1. The molecule has 1 aliphatic carbocycles. The molecule has 1 N–H and O–H groups in total. The molecular formula is C18H37N3. The van der Waals surface area contributed by atoms with Crippen LogP contribution in [0, 0.1) is 11.3 Å². The monoisotopic (exact) mass is 295 g/mol. The first kappa shape index (κ1) is 17.2. The van der Waals surface area contributed by atoms with Gasteiger partial charge in [0.05, 0.1) is 0 Å². The van der Waals surface area contributed by atoms with Gasteiger partial charge in [-0.3, -0.25) is 0 Å². The van der Waals surface area contributed by atoms with Crippen LogP contribution in [0.25, 0.3) is 0 Å². The summed E-state index contributed by atoms with van der Waals surface area (Å²) in [7, 11) is 0. The highest BCUT2D eigenvalue weighted by atomic mass is 15.3. The third-order valence-corrected chi connectivity index (χ3v) is 5.73. The van der Waals surface area contributed by atoms with E-state index in [1.165, 1.54) is 84.5 Å². The molecule has 0 aromatic carbocycles. The molecule has 1 aliphatic heterocycles. The SMILES string of the molecule is CCCNCC1(CN2CCN(CC)CC2)CCC(C)CC1. The van der Waals surface area contributed by atoms with E-state index in [-0.39, 0.29) is 0 Å². The molecule has 2 rings (SSSR count). The van der Waals surface area contributed by atoms with Gasteiger partial charge >= 0.3 is 0 Å². The minimum absolute atomic E-state index is 0.552. The van der Waals surface area contributed by atoms with E-state index in [4.69, 9.17) is 0 Å². The van der Waals surface area contributed by atoms with E-state index < -0.39 is 0 Å². The Kier molecular flexibility index (Phi) is 6.97. The zero-order valence-electron chi connectivity index (χ0n) is 14.7. The van der Waals surface area contributed by atoms with Gasteiger partial charge < -0.3 is 15.1 Å². The maximum Gasteiger partial charge on any atom is 0.0110 e. The van der Waals surface area contributed by atoms with Crippen LogP contribution in [0.15, 0.2) is 0 Å². The Morgan fingerprint density at radius 1 is 1.00 bits per heavy atom. The minimum Gasteiger partial charge on any atom is -0.316 e. The standard InChI is InChI=1S/C18H37N3/c1-4-10-19-15-18(8-6-17(3)7-9-18)16-21-13-11-20(5-2)12-14-21/h17,19H,4-16H2,1-3H3. The van der Waals surface area contributed by atoms with Gasteiger partial charge in [0.2, 0.25) is 0 Å². The average molecular weight is 296 g/mol. The second kappa shape index (κ2) is 8.50. The molecule has 1 saturated carbocycles. The van der Waals surface area contributed by atoms with Crippen LogP contribution in [0.4, 0.5) is 0 Å². The van der Waals surface area contributed by atoms with Crippen molar-refractivity contribution >= 4 is 0 Å². The number of nitrogens with one attached hydrogen (secondary N) is 1. The second-order valence-electron chi connectivity index (χ2n) is 7.57. The molecule has 0 unspecified atom stereocenters. The first-order valence-electron chi connectivity index (χ1n) is 9.33. The highest BCUT2D eigenvalue weighted by molar-refractivity contribution is 4.90. The molecule has 1 heterocycles. The Bertz CT molecular complexity index is 276. The quantitative estimate of drug-likeness (QED) is 0.729. The first-order chi connectivity index (χ1) is 10.2. The van der Waals surface area contributed by atoms with Crippen LogP contribution in [-0.4, -0.2) is 62.2 Å². The maximum absolute atomic E-state index is 3.73. The van der Waals surface area contributed by atoms with Crippen LogP contribution in [0.5, 0.6) is 0 Å². The number of hydrogen-bond acceptors (Lipinski definition) is 3. The molecule has 2 fully saturated rings. The van der Waals surface area contributed by atoms with Crippen molar-refractivity contribution in [3.63, 3.8) is 0 Å². The van der Waals surface area contributed by atoms with Gasteiger partial charge in [0.1, 0.15) is 0 Å². The summed E-state index contributed by atoms with van der Waals surface area (Å²) in [6.45, 7) is 17.0. The molecule has 0 radical (unpaired) electrons. The topological polar surface area (TPSA) is 18.5 Å².